The van der Waals surface area contributed by atoms with Gasteiger partial charge in [0.15, 0.2) is 5.65 Å². The molecule has 2 rings (SSSR count). The average molecular weight is 193 g/mol. The summed E-state index contributed by atoms with van der Waals surface area (Å²) in [5.74, 6) is 0.127. The van der Waals surface area contributed by atoms with Crippen LogP contribution in [0.4, 0.5) is 11.5 Å². The van der Waals surface area contributed by atoms with E-state index in [0.29, 0.717) is 11.0 Å². The van der Waals surface area contributed by atoms with Gasteiger partial charge in [0, 0.05) is 7.05 Å². The van der Waals surface area contributed by atoms with E-state index in [-0.39, 0.29) is 11.5 Å². The Kier molecular flexibility index (Phi) is 1.60. The summed E-state index contributed by atoms with van der Waals surface area (Å²) in [7, 11) is 1.67. The molecule has 14 heavy (non-hydrogen) atoms. The molecule has 0 saturated carbocycles. The van der Waals surface area contributed by atoms with Crippen LogP contribution < -0.4 is 5.73 Å². The third kappa shape index (κ3) is 0.987. The van der Waals surface area contributed by atoms with E-state index in [4.69, 9.17) is 5.73 Å². The second-order valence-electron chi connectivity index (χ2n) is 2.84. The third-order valence-electron chi connectivity index (χ3n) is 1.96. The van der Waals surface area contributed by atoms with Gasteiger partial charge in [-0.25, -0.2) is 9.97 Å². The van der Waals surface area contributed by atoms with Gasteiger partial charge in [0.2, 0.25) is 0 Å². The lowest BCUT2D eigenvalue weighted by molar-refractivity contribution is -0.383. The van der Waals surface area contributed by atoms with E-state index in [0.717, 1.165) is 0 Å². The summed E-state index contributed by atoms with van der Waals surface area (Å²) in [5.41, 5.74) is 5.93. The second kappa shape index (κ2) is 2.66. The molecule has 0 fully saturated rings. The summed E-state index contributed by atoms with van der Waals surface area (Å²) in [4.78, 5) is 17.8. The lowest BCUT2D eigenvalue weighted by Crippen LogP contribution is -1.95. The van der Waals surface area contributed by atoms with E-state index < -0.39 is 4.92 Å². The van der Waals surface area contributed by atoms with Crippen molar-refractivity contribution in [1.29, 1.82) is 0 Å². The molecule has 2 N–H and O–H groups in total. The third-order valence-corrected chi connectivity index (χ3v) is 1.96. The Labute approximate surface area is 78.3 Å². The summed E-state index contributed by atoms with van der Waals surface area (Å²) >= 11 is 0. The SMILES string of the molecule is Cn1cc([N+](=O)[O-])c2c(N)ncnc21. The summed E-state index contributed by atoms with van der Waals surface area (Å²) in [6, 6.07) is 0. The fourth-order valence-corrected chi connectivity index (χ4v) is 1.35. The van der Waals surface area contributed by atoms with Gasteiger partial charge in [0.05, 0.1) is 11.1 Å². The Bertz CT molecular complexity index is 518. The van der Waals surface area contributed by atoms with Crippen LogP contribution in [0.5, 0.6) is 0 Å². The molecule has 2 aromatic heterocycles. The van der Waals surface area contributed by atoms with E-state index in [1.807, 2.05) is 0 Å². The first-order valence-corrected chi connectivity index (χ1v) is 3.81. The highest BCUT2D eigenvalue weighted by Gasteiger charge is 2.19. The van der Waals surface area contributed by atoms with Gasteiger partial charge in [-0.2, -0.15) is 0 Å². The number of nitrogens with two attached hydrogens (primary N) is 1. The Balaban J connectivity index is 2.93. The van der Waals surface area contributed by atoms with Gasteiger partial charge in [0.25, 0.3) is 5.69 Å². The lowest BCUT2D eigenvalue weighted by Gasteiger charge is -1.94. The van der Waals surface area contributed by atoms with Crippen molar-refractivity contribution in [1.82, 2.24) is 14.5 Å². The molecule has 0 saturated heterocycles. The second-order valence-corrected chi connectivity index (χ2v) is 2.84. The van der Waals surface area contributed by atoms with Crippen molar-refractivity contribution in [3.8, 4) is 0 Å². The van der Waals surface area contributed by atoms with Crippen LogP contribution in [0.1, 0.15) is 0 Å². The van der Waals surface area contributed by atoms with Gasteiger partial charge in [-0.3, -0.25) is 10.1 Å². The van der Waals surface area contributed by atoms with Crippen molar-refractivity contribution in [3.05, 3.63) is 22.6 Å². The van der Waals surface area contributed by atoms with Crippen molar-refractivity contribution < 1.29 is 4.92 Å². The molecule has 72 valence electrons. The van der Waals surface area contributed by atoms with E-state index in [1.165, 1.54) is 12.5 Å². The van der Waals surface area contributed by atoms with Crippen LogP contribution in [0.2, 0.25) is 0 Å². The number of nitrogen functional groups attached to an aromatic ring is 1. The van der Waals surface area contributed by atoms with Crippen LogP contribution in [0.15, 0.2) is 12.5 Å². The molecule has 7 heteroatoms. The van der Waals surface area contributed by atoms with E-state index in [1.54, 1.807) is 11.6 Å². The van der Waals surface area contributed by atoms with Crippen LogP contribution in [-0.4, -0.2) is 19.5 Å². The molecule has 0 aliphatic carbocycles. The molecular formula is C7H7N5O2. The first-order chi connectivity index (χ1) is 6.61. The molecule has 0 aromatic carbocycles. The molecule has 2 aromatic rings. The fourth-order valence-electron chi connectivity index (χ4n) is 1.35. The van der Waals surface area contributed by atoms with E-state index >= 15 is 0 Å². The number of aryl methyl sites for hydroxylation is 1. The van der Waals surface area contributed by atoms with Gasteiger partial charge < -0.3 is 10.3 Å². The molecule has 0 amide bonds. The monoisotopic (exact) mass is 193 g/mol. The number of anilines is 1. The van der Waals surface area contributed by atoms with Crippen molar-refractivity contribution in [2.75, 3.05) is 5.73 Å². The molecule has 7 nitrogen and oxygen atoms in total. The van der Waals surface area contributed by atoms with Gasteiger partial charge >= 0.3 is 0 Å². The smallest absolute Gasteiger partial charge is 0.300 e. The maximum absolute atomic E-state index is 10.7. The molecular weight excluding hydrogens is 186 g/mol. The minimum Gasteiger partial charge on any atom is -0.383 e. The Morgan fingerprint density at radius 2 is 2.29 bits per heavy atom. The highest BCUT2D eigenvalue weighted by Crippen LogP contribution is 2.28. The highest BCUT2D eigenvalue weighted by atomic mass is 16.6. The molecule has 0 radical (unpaired) electrons. The highest BCUT2D eigenvalue weighted by molar-refractivity contribution is 5.94. The van der Waals surface area contributed by atoms with Gasteiger partial charge in [0.1, 0.15) is 17.5 Å². The number of nitrogens with zero attached hydrogens (tertiary/aromatic N) is 4. The zero-order valence-corrected chi connectivity index (χ0v) is 7.34. The number of hydrogen-bond acceptors (Lipinski definition) is 5. The topological polar surface area (TPSA) is 99.9 Å². The minimum atomic E-state index is -0.498. The predicted octanol–water partition coefficient (Wildman–Crippen LogP) is 0.459. The van der Waals surface area contributed by atoms with Crippen molar-refractivity contribution in [2.24, 2.45) is 7.05 Å². The van der Waals surface area contributed by atoms with Crippen LogP contribution in [0.25, 0.3) is 11.0 Å². The van der Waals surface area contributed by atoms with Gasteiger partial charge in [-0.05, 0) is 0 Å². The summed E-state index contributed by atoms with van der Waals surface area (Å²) in [6.07, 6.45) is 2.65. The van der Waals surface area contributed by atoms with E-state index in [9.17, 15) is 10.1 Å². The van der Waals surface area contributed by atoms with E-state index in [2.05, 4.69) is 9.97 Å². The number of hydrogen-bond donors (Lipinski definition) is 1. The normalized spacial score (nSPS) is 10.6. The van der Waals surface area contributed by atoms with Crippen LogP contribution >= 0.6 is 0 Å². The molecule has 0 unspecified atom stereocenters. The Hall–Kier alpha value is -2.18. The maximum Gasteiger partial charge on any atom is 0.300 e. The first-order valence-electron chi connectivity index (χ1n) is 3.81. The number of rotatable bonds is 1. The zero-order valence-electron chi connectivity index (χ0n) is 7.34. The van der Waals surface area contributed by atoms with Crippen molar-refractivity contribution in [2.45, 2.75) is 0 Å². The minimum absolute atomic E-state index is 0.0689. The largest absolute Gasteiger partial charge is 0.383 e. The fraction of sp³-hybridized carbons (Fsp3) is 0.143. The maximum atomic E-state index is 10.7. The number of fused-ring (bicyclic) bond motifs is 1. The average Bonchev–Trinajstić information content (AvgIpc) is 2.46. The van der Waals surface area contributed by atoms with Crippen molar-refractivity contribution >= 4 is 22.5 Å². The standard InChI is InChI=1S/C7H7N5O2/c1-11-2-4(12(13)14)5-6(8)9-3-10-7(5)11/h2-3H,1H3,(H2,8,9,10). The van der Waals surface area contributed by atoms with Crippen molar-refractivity contribution in [3.63, 3.8) is 0 Å². The van der Waals surface area contributed by atoms with Crippen LogP contribution in [-0.2, 0) is 7.05 Å². The molecule has 0 aliphatic rings. The van der Waals surface area contributed by atoms with Crippen LogP contribution in [0, 0.1) is 10.1 Å². The van der Waals surface area contributed by atoms with Crippen LogP contribution in [0.3, 0.4) is 0 Å². The molecule has 0 spiro atoms. The quantitative estimate of drug-likeness (QED) is 0.523. The molecule has 0 atom stereocenters. The lowest BCUT2D eigenvalue weighted by atomic mass is 10.3. The number of aromatic nitrogens is 3. The summed E-state index contributed by atoms with van der Waals surface area (Å²) in [5, 5.41) is 11.0. The number of nitro groups is 1. The Morgan fingerprint density at radius 3 is 2.93 bits per heavy atom. The van der Waals surface area contributed by atoms with Gasteiger partial charge in [-0.1, -0.05) is 0 Å². The first kappa shape index (κ1) is 8.42. The molecule has 0 aliphatic heterocycles. The molecule has 2 heterocycles. The van der Waals surface area contributed by atoms with Gasteiger partial charge in [-0.15, -0.1) is 0 Å². The zero-order chi connectivity index (χ0) is 10.3. The Morgan fingerprint density at radius 1 is 1.57 bits per heavy atom. The predicted molar refractivity (Wildman–Crippen MR) is 49.6 cm³/mol. The summed E-state index contributed by atoms with van der Waals surface area (Å²) < 4.78 is 1.55. The molecule has 0 bridgehead atoms. The summed E-state index contributed by atoms with van der Waals surface area (Å²) in [6.45, 7) is 0.